The fourth-order valence-corrected chi connectivity index (χ4v) is 4.84. The van der Waals surface area contributed by atoms with Crippen LogP contribution in [0.2, 0.25) is 0 Å². The second-order valence-corrected chi connectivity index (χ2v) is 9.44. The molecule has 180 valence electrons. The van der Waals surface area contributed by atoms with Gasteiger partial charge in [0.2, 0.25) is 5.95 Å². The standard InChI is InChI=1S/C23H25N9O2S/c24-19-2-1-15(20(30-19)16-12-27-28-13-16)11-25-10-14-4-7-32(8-5-14)22-26-6-3-17(29-22)9-18-21(33)31-23(34)35-18/h1-3,6,9,12-14,25H,4-5,7-8,10-11H2,(H2,24,30)(H,27,28)(H,31,33,34)/b18-9-. The Bertz CT molecular complexity index is 1250. The molecule has 0 radical (unpaired) electrons. The minimum absolute atomic E-state index is 0.344. The zero-order valence-corrected chi connectivity index (χ0v) is 19.7. The van der Waals surface area contributed by atoms with E-state index in [1.54, 1.807) is 24.5 Å². The number of nitrogens with one attached hydrogen (secondary N) is 3. The number of rotatable bonds is 7. The van der Waals surface area contributed by atoms with Crippen molar-refractivity contribution in [1.29, 1.82) is 0 Å². The van der Waals surface area contributed by atoms with Crippen LogP contribution in [-0.2, 0) is 11.3 Å². The molecule has 0 aliphatic carbocycles. The number of anilines is 2. The van der Waals surface area contributed by atoms with E-state index in [-0.39, 0.29) is 11.1 Å². The Morgan fingerprint density at radius 2 is 2.06 bits per heavy atom. The fourth-order valence-electron chi connectivity index (χ4n) is 4.17. The monoisotopic (exact) mass is 491 g/mol. The zero-order chi connectivity index (χ0) is 24.2. The van der Waals surface area contributed by atoms with Gasteiger partial charge in [0.15, 0.2) is 0 Å². The number of piperidine rings is 1. The Kier molecular flexibility index (Phi) is 6.73. The first-order chi connectivity index (χ1) is 17.0. The third kappa shape index (κ3) is 5.49. The summed E-state index contributed by atoms with van der Waals surface area (Å²) in [4.78, 5) is 39.1. The van der Waals surface area contributed by atoms with Gasteiger partial charge in [-0.15, -0.1) is 0 Å². The summed E-state index contributed by atoms with van der Waals surface area (Å²) in [5.74, 6) is 1.28. The van der Waals surface area contributed by atoms with Gasteiger partial charge in [-0.1, -0.05) is 6.07 Å². The van der Waals surface area contributed by atoms with E-state index < -0.39 is 0 Å². The van der Waals surface area contributed by atoms with Gasteiger partial charge >= 0.3 is 0 Å². The van der Waals surface area contributed by atoms with Crippen molar-refractivity contribution in [1.82, 2.24) is 35.8 Å². The van der Waals surface area contributed by atoms with Crippen LogP contribution in [0.3, 0.4) is 0 Å². The third-order valence-corrected chi connectivity index (χ3v) is 6.81. The summed E-state index contributed by atoms with van der Waals surface area (Å²) in [5.41, 5.74) is 9.33. The van der Waals surface area contributed by atoms with Crippen molar-refractivity contribution in [2.75, 3.05) is 30.3 Å². The summed E-state index contributed by atoms with van der Waals surface area (Å²) in [6.07, 6.45) is 8.90. The predicted octanol–water partition coefficient (Wildman–Crippen LogP) is 2.17. The van der Waals surface area contributed by atoms with E-state index >= 15 is 0 Å². The summed E-state index contributed by atoms with van der Waals surface area (Å²) in [7, 11) is 0. The van der Waals surface area contributed by atoms with Crippen molar-refractivity contribution >= 4 is 40.8 Å². The van der Waals surface area contributed by atoms with Crippen molar-refractivity contribution in [3.63, 3.8) is 0 Å². The summed E-state index contributed by atoms with van der Waals surface area (Å²) >= 11 is 0.883. The van der Waals surface area contributed by atoms with Gasteiger partial charge in [0.1, 0.15) is 5.82 Å². The number of thioether (sulfide) groups is 1. The SMILES string of the molecule is Nc1ccc(CNCC2CCN(c3nccc(/C=C4\SC(=O)NC4=O)n3)CC2)c(-c2cn[nH]c2)n1. The van der Waals surface area contributed by atoms with Gasteiger partial charge in [-0.25, -0.2) is 15.0 Å². The minimum atomic E-state index is -0.389. The maximum Gasteiger partial charge on any atom is 0.290 e. The van der Waals surface area contributed by atoms with E-state index in [0.717, 1.165) is 61.1 Å². The molecule has 0 saturated carbocycles. The number of carbonyl (C=O) groups is 2. The molecule has 0 atom stereocenters. The Morgan fingerprint density at radius 1 is 1.20 bits per heavy atom. The molecule has 5 heterocycles. The normalized spacial score (nSPS) is 17.8. The molecule has 5 rings (SSSR count). The maximum atomic E-state index is 11.8. The van der Waals surface area contributed by atoms with Crippen LogP contribution in [0, 0.1) is 5.92 Å². The number of nitrogen functional groups attached to an aromatic ring is 1. The highest BCUT2D eigenvalue weighted by Gasteiger charge is 2.26. The van der Waals surface area contributed by atoms with Gasteiger partial charge in [0.05, 0.1) is 22.5 Å². The first-order valence-corrected chi connectivity index (χ1v) is 12.1. The van der Waals surface area contributed by atoms with Gasteiger partial charge in [0, 0.05) is 37.6 Å². The smallest absolute Gasteiger partial charge is 0.290 e. The summed E-state index contributed by atoms with van der Waals surface area (Å²) in [6.45, 7) is 3.30. The maximum absolute atomic E-state index is 11.8. The Hall–Kier alpha value is -3.77. The van der Waals surface area contributed by atoms with Gasteiger partial charge in [-0.2, -0.15) is 5.10 Å². The molecule has 0 aromatic carbocycles. The minimum Gasteiger partial charge on any atom is -0.384 e. The molecule has 11 nitrogen and oxygen atoms in total. The molecule has 12 heteroatoms. The van der Waals surface area contributed by atoms with Crippen LogP contribution in [0.4, 0.5) is 16.6 Å². The summed E-state index contributed by atoms with van der Waals surface area (Å²) < 4.78 is 0. The van der Waals surface area contributed by atoms with Crippen molar-refractivity contribution in [3.8, 4) is 11.3 Å². The number of H-pyrrole nitrogens is 1. The number of carbonyl (C=O) groups excluding carboxylic acids is 2. The predicted molar refractivity (Wildman–Crippen MR) is 134 cm³/mol. The molecule has 35 heavy (non-hydrogen) atoms. The third-order valence-electron chi connectivity index (χ3n) is 6.00. The molecular formula is C23H25N9O2S. The lowest BCUT2D eigenvalue weighted by Crippen LogP contribution is -2.38. The van der Waals surface area contributed by atoms with E-state index in [1.165, 1.54) is 0 Å². The molecule has 3 aromatic rings. The second kappa shape index (κ2) is 10.2. The van der Waals surface area contributed by atoms with Gasteiger partial charge in [0.25, 0.3) is 11.1 Å². The zero-order valence-electron chi connectivity index (χ0n) is 18.9. The quantitative estimate of drug-likeness (QED) is 0.361. The lowest BCUT2D eigenvalue weighted by Gasteiger charge is -2.32. The highest BCUT2D eigenvalue weighted by Crippen LogP contribution is 2.26. The van der Waals surface area contributed by atoms with Crippen LogP contribution >= 0.6 is 11.8 Å². The molecular weight excluding hydrogens is 466 g/mol. The van der Waals surface area contributed by atoms with Crippen molar-refractivity contribution < 1.29 is 9.59 Å². The van der Waals surface area contributed by atoms with Crippen LogP contribution in [0.5, 0.6) is 0 Å². The first-order valence-electron chi connectivity index (χ1n) is 11.3. The number of imide groups is 1. The highest BCUT2D eigenvalue weighted by molar-refractivity contribution is 8.18. The number of nitrogens with two attached hydrogens (primary N) is 1. The number of amides is 2. The molecule has 5 N–H and O–H groups in total. The molecule has 2 aliphatic rings. The van der Waals surface area contributed by atoms with Gasteiger partial charge in [-0.3, -0.25) is 20.0 Å². The summed E-state index contributed by atoms with van der Waals surface area (Å²) in [5, 5.41) is 12.3. The summed E-state index contributed by atoms with van der Waals surface area (Å²) in [6, 6.07) is 5.55. The highest BCUT2D eigenvalue weighted by atomic mass is 32.2. The van der Waals surface area contributed by atoms with Crippen LogP contribution in [0.15, 0.2) is 41.7 Å². The number of nitrogens with zero attached hydrogens (tertiary/aromatic N) is 5. The van der Waals surface area contributed by atoms with E-state index in [4.69, 9.17) is 5.73 Å². The average molecular weight is 492 g/mol. The molecule has 0 bridgehead atoms. The van der Waals surface area contributed by atoms with Crippen molar-refractivity contribution in [2.24, 2.45) is 5.92 Å². The number of hydrogen-bond acceptors (Lipinski definition) is 10. The topological polar surface area (TPSA) is 155 Å². The Balaban J connectivity index is 1.14. The van der Waals surface area contributed by atoms with Crippen LogP contribution in [-0.4, -0.2) is 55.9 Å². The number of hydrogen-bond donors (Lipinski definition) is 4. The number of aromatic amines is 1. The van der Waals surface area contributed by atoms with Crippen LogP contribution < -0.4 is 21.3 Å². The molecule has 0 unspecified atom stereocenters. The largest absolute Gasteiger partial charge is 0.384 e. The molecule has 3 aromatic heterocycles. The van der Waals surface area contributed by atoms with E-state index in [2.05, 4.69) is 40.7 Å². The van der Waals surface area contributed by atoms with Crippen molar-refractivity contribution in [3.05, 3.63) is 53.0 Å². The van der Waals surface area contributed by atoms with Crippen LogP contribution in [0.1, 0.15) is 24.1 Å². The van der Waals surface area contributed by atoms with E-state index in [0.29, 0.717) is 34.8 Å². The second-order valence-electron chi connectivity index (χ2n) is 8.43. The van der Waals surface area contributed by atoms with Gasteiger partial charge < -0.3 is 16.0 Å². The lowest BCUT2D eigenvalue weighted by atomic mass is 9.97. The van der Waals surface area contributed by atoms with Crippen molar-refractivity contribution in [2.45, 2.75) is 19.4 Å². The number of pyridine rings is 1. The molecule has 2 saturated heterocycles. The fraction of sp³-hybridized carbons (Fsp3) is 0.304. The molecule has 2 aliphatic heterocycles. The average Bonchev–Trinajstić information content (AvgIpc) is 3.50. The Morgan fingerprint density at radius 3 is 2.80 bits per heavy atom. The number of aromatic nitrogens is 5. The first kappa shape index (κ1) is 23.0. The van der Waals surface area contributed by atoms with Gasteiger partial charge in [-0.05, 0) is 60.8 Å². The molecule has 2 fully saturated rings. The van der Waals surface area contributed by atoms with E-state index in [9.17, 15) is 9.59 Å². The Labute approximate surface area is 206 Å². The van der Waals surface area contributed by atoms with E-state index in [1.807, 2.05) is 18.3 Å². The molecule has 0 spiro atoms. The van der Waals surface area contributed by atoms with Crippen LogP contribution in [0.25, 0.3) is 17.3 Å². The molecule has 2 amide bonds. The lowest BCUT2D eigenvalue weighted by molar-refractivity contribution is -0.115.